The third-order valence-electron chi connectivity index (χ3n) is 3.65. The first-order chi connectivity index (χ1) is 11.4. The molecule has 0 saturated heterocycles. The molecule has 1 N–H and O–H groups in total. The topological polar surface area (TPSA) is 46.9 Å². The van der Waals surface area contributed by atoms with Crippen molar-refractivity contribution >= 4 is 22.9 Å². The highest BCUT2D eigenvalue weighted by atomic mass is 19.4. The minimum Gasteiger partial charge on any atom is -0.310 e. The highest BCUT2D eigenvalue weighted by molar-refractivity contribution is 6.04. The van der Waals surface area contributed by atoms with Crippen LogP contribution in [0.15, 0.2) is 48.5 Å². The van der Waals surface area contributed by atoms with Crippen LogP contribution in [-0.4, -0.2) is 15.5 Å². The van der Waals surface area contributed by atoms with Gasteiger partial charge in [-0.15, -0.1) is 0 Å². The van der Waals surface area contributed by atoms with Gasteiger partial charge in [-0.2, -0.15) is 13.2 Å². The molecule has 124 valence electrons. The van der Waals surface area contributed by atoms with Crippen molar-refractivity contribution in [3.05, 3.63) is 59.7 Å². The van der Waals surface area contributed by atoms with Gasteiger partial charge in [-0.1, -0.05) is 18.2 Å². The second kappa shape index (κ2) is 5.99. The van der Waals surface area contributed by atoms with E-state index in [9.17, 15) is 18.0 Å². The first-order valence-electron chi connectivity index (χ1n) is 7.34. The zero-order valence-corrected chi connectivity index (χ0v) is 12.8. The fourth-order valence-corrected chi connectivity index (χ4v) is 2.50. The van der Waals surface area contributed by atoms with Crippen molar-refractivity contribution < 1.29 is 18.0 Å². The van der Waals surface area contributed by atoms with Crippen molar-refractivity contribution in [1.29, 1.82) is 0 Å². The van der Waals surface area contributed by atoms with Gasteiger partial charge in [-0.25, -0.2) is 4.98 Å². The summed E-state index contributed by atoms with van der Waals surface area (Å²) in [6.07, 6.45) is -4.49. The molecule has 24 heavy (non-hydrogen) atoms. The number of anilines is 1. The second-order valence-electron chi connectivity index (χ2n) is 5.20. The van der Waals surface area contributed by atoms with Crippen LogP contribution >= 0.6 is 0 Å². The van der Waals surface area contributed by atoms with Gasteiger partial charge in [0, 0.05) is 12.1 Å². The number of carbonyl (C=O) groups excluding carboxylic acids is 1. The van der Waals surface area contributed by atoms with Crippen LogP contribution in [0.3, 0.4) is 0 Å². The molecule has 0 fully saturated rings. The molecule has 0 aliphatic heterocycles. The number of imidazole rings is 1. The summed E-state index contributed by atoms with van der Waals surface area (Å²) in [7, 11) is 0. The molecular weight excluding hydrogens is 319 g/mol. The van der Waals surface area contributed by atoms with Crippen LogP contribution in [0.5, 0.6) is 0 Å². The number of aryl methyl sites for hydroxylation is 1. The van der Waals surface area contributed by atoms with Gasteiger partial charge in [0.15, 0.2) is 0 Å². The second-order valence-corrected chi connectivity index (χ2v) is 5.20. The number of fused-ring (bicyclic) bond motifs is 1. The summed E-state index contributed by atoms with van der Waals surface area (Å²) < 4.78 is 40.1. The lowest BCUT2D eigenvalue weighted by Gasteiger charge is -2.10. The molecule has 1 aromatic heterocycles. The molecular formula is C17H14F3N3O. The van der Waals surface area contributed by atoms with Gasteiger partial charge in [-0.3, -0.25) is 10.1 Å². The molecule has 0 saturated carbocycles. The lowest BCUT2D eigenvalue weighted by Crippen LogP contribution is -2.17. The van der Waals surface area contributed by atoms with Gasteiger partial charge < -0.3 is 4.57 Å². The van der Waals surface area contributed by atoms with E-state index in [1.807, 2.05) is 25.1 Å². The predicted molar refractivity (Wildman–Crippen MR) is 84.8 cm³/mol. The summed E-state index contributed by atoms with van der Waals surface area (Å²) in [5.41, 5.74) is 0.622. The van der Waals surface area contributed by atoms with E-state index in [1.54, 1.807) is 10.6 Å². The average molecular weight is 333 g/mol. The summed E-state index contributed by atoms with van der Waals surface area (Å²) >= 11 is 0. The lowest BCUT2D eigenvalue weighted by atomic mass is 10.1. The van der Waals surface area contributed by atoms with Crippen molar-refractivity contribution in [2.45, 2.75) is 19.6 Å². The molecule has 0 aliphatic carbocycles. The SMILES string of the molecule is CCn1c(NC(=O)c2cccc(C(F)(F)F)c2)nc2ccccc21. The van der Waals surface area contributed by atoms with E-state index in [1.165, 1.54) is 12.1 Å². The van der Waals surface area contributed by atoms with Gasteiger partial charge in [0.1, 0.15) is 0 Å². The Labute approximate surface area is 135 Å². The van der Waals surface area contributed by atoms with Crippen LogP contribution < -0.4 is 5.32 Å². The maximum Gasteiger partial charge on any atom is 0.416 e. The molecule has 4 nitrogen and oxygen atoms in total. The largest absolute Gasteiger partial charge is 0.416 e. The van der Waals surface area contributed by atoms with E-state index in [2.05, 4.69) is 10.3 Å². The Kier molecular flexibility index (Phi) is 4.01. The summed E-state index contributed by atoms with van der Waals surface area (Å²) in [5, 5.41) is 2.59. The van der Waals surface area contributed by atoms with Gasteiger partial charge >= 0.3 is 6.18 Å². The molecule has 0 spiro atoms. The van der Waals surface area contributed by atoms with E-state index in [4.69, 9.17) is 0 Å². The van der Waals surface area contributed by atoms with Crippen LogP contribution in [0.25, 0.3) is 11.0 Å². The monoisotopic (exact) mass is 333 g/mol. The summed E-state index contributed by atoms with van der Waals surface area (Å²) in [5.74, 6) is -0.327. The van der Waals surface area contributed by atoms with Gasteiger partial charge in [0.05, 0.1) is 16.6 Å². The lowest BCUT2D eigenvalue weighted by molar-refractivity contribution is -0.137. The molecule has 3 rings (SSSR count). The first kappa shape index (κ1) is 16.0. The van der Waals surface area contributed by atoms with Crippen molar-refractivity contribution in [2.75, 3.05) is 5.32 Å². The smallest absolute Gasteiger partial charge is 0.310 e. The van der Waals surface area contributed by atoms with Gasteiger partial charge in [-0.05, 0) is 37.3 Å². The average Bonchev–Trinajstić information content (AvgIpc) is 2.91. The maximum atomic E-state index is 12.8. The number of aromatic nitrogens is 2. The third-order valence-corrected chi connectivity index (χ3v) is 3.65. The van der Waals surface area contributed by atoms with E-state index < -0.39 is 17.6 Å². The number of alkyl halides is 3. The Bertz CT molecular complexity index is 899. The van der Waals surface area contributed by atoms with E-state index in [-0.39, 0.29) is 5.56 Å². The molecule has 0 aliphatic rings. The molecule has 2 aromatic carbocycles. The number of nitrogens with one attached hydrogen (secondary N) is 1. The fraction of sp³-hybridized carbons (Fsp3) is 0.176. The predicted octanol–water partition coefficient (Wildman–Crippen LogP) is 4.33. The standard InChI is InChI=1S/C17H14F3N3O/c1-2-23-14-9-4-3-8-13(14)21-16(23)22-15(24)11-6-5-7-12(10-11)17(18,19)20/h3-10H,2H2,1H3,(H,21,22,24). The van der Waals surface area contributed by atoms with Gasteiger partial charge in [0.2, 0.25) is 5.95 Å². The molecule has 7 heteroatoms. The van der Waals surface area contributed by atoms with E-state index in [0.717, 1.165) is 17.6 Å². The Balaban J connectivity index is 1.93. The molecule has 3 aromatic rings. The van der Waals surface area contributed by atoms with Crippen LogP contribution in [0.1, 0.15) is 22.8 Å². The number of nitrogens with zero attached hydrogens (tertiary/aromatic N) is 2. The summed E-state index contributed by atoms with van der Waals surface area (Å²) in [4.78, 5) is 16.6. The quantitative estimate of drug-likeness (QED) is 0.775. The van der Waals surface area contributed by atoms with Crippen molar-refractivity contribution in [1.82, 2.24) is 9.55 Å². The highest BCUT2D eigenvalue weighted by Gasteiger charge is 2.31. The van der Waals surface area contributed by atoms with E-state index in [0.29, 0.717) is 18.0 Å². The number of benzene rings is 2. The zero-order chi connectivity index (χ0) is 17.3. The van der Waals surface area contributed by atoms with Crippen LogP contribution in [0.2, 0.25) is 0 Å². The van der Waals surface area contributed by atoms with Crippen LogP contribution in [0, 0.1) is 0 Å². The fourth-order valence-electron chi connectivity index (χ4n) is 2.50. The highest BCUT2D eigenvalue weighted by Crippen LogP contribution is 2.29. The Morgan fingerprint density at radius 2 is 1.92 bits per heavy atom. The Morgan fingerprint density at radius 1 is 1.17 bits per heavy atom. The molecule has 0 radical (unpaired) electrons. The number of hydrogen-bond donors (Lipinski definition) is 1. The van der Waals surface area contributed by atoms with E-state index >= 15 is 0 Å². The molecule has 0 atom stereocenters. The normalized spacial score (nSPS) is 11.7. The number of para-hydroxylation sites is 2. The molecule has 1 amide bonds. The molecule has 0 bridgehead atoms. The number of carbonyl (C=O) groups is 1. The Morgan fingerprint density at radius 3 is 2.62 bits per heavy atom. The van der Waals surface area contributed by atoms with Gasteiger partial charge in [0.25, 0.3) is 5.91 Å². The Hall–Kier alpha value is -2.83. The summed E-state index contributed by atoms with van der Waals surface area (Å²) in [6, 6.07) is 11.7. The van der Waals surface area contributed by atoms with Crippen molar-refractivity contribution in [2.24, 2.45) is 0 Å². The van der Waals surface area contributed by atoms with Crippen molar-refractivity contribution in [3.8, 4) is 0 Å². The summed E-state index contributed by atoms with van der Waals surface area (Å²) in [6.45, 7) is 2.47. The zero-order valence-electron chi connectivity index (χ0n) is 12.8. The molecule has 0 unspecified atom stereocenters. The van der Waals surface area contributed by atoms with Crippen LogP contribution in [-0.2, 0) is 12.7 Å². The number of halogens is 3. The van der Waals surface area contributed by atoms with Crippen LogP contribution in [0.4, 0.5) is 19.1 Å². The number of amides is 1. The number of hydrogen-bond acceptors (Lipinski definition) is 2. The third kappa shape index (κ3) is 2.97. The maximum absolute atomic E-state index is 12.8. The minimum atomic E-state index is -4.49. The number of rotatable bonds is 3. The molecule has 1 heterocycles. The minimum absolute atomic E-state index is 0.0699. The van der Waals surface area contributed by atoms with Crippen molar-refractivity contribution in [3.63, 3.8) is 0 Å². The first-order valence-corrected chi connectivity index (χ1v) is 7.34.